The normalized spacial score (nSPS) is 12.4. The topological polar surface area (TPSA) is 67.6 Å². The van der Waals surface area contributed by atoms with Gasteiger partial charge in [0.1, 0.15) is 11.8 Å². The highest BCUT2D eigenvalue weighted by Gasteiger charge is 2.27. The molecule has 6 nitrogen and oxygen atoms in total. The fourth-order valence-electron chi connectivity index (χ4n) is 3.13. The number of rotatable bonds is 8. The van der Waals surface area contributed by atoms with E-state index in [2.05, 4.69) is 5.10 Å². The summed E-state index contributed by atoms with van der Waals surface area (Å²) in [6.45, 7) is 7.36. The predicted octanol–water partition coefficient (Wildman–Crippen LogP) is 2.96. The Morgan fingerprint density at radius 2 is 2.04 bits per heavy atom. The predicted molar refractivity (Wildman–Crippen MR) is 97.1 cm³/mol. The van der Waals surface area contributed by atoms with Crippen LogP contribution in [0.25, 0.3) is 0 Å². The van der Waals surface area contributed by atoms with Crippen LogP contribution in [0.15, 0.2) is 24.3 Å². The molecule has 0 spiro atoms. The highest BCUT2D eigenvalue weighted by atomic mass is 16.5. The van der Waals surface area contributed by atoms with Gasteiger partial charge in [0.2, 0.25) is 0 Å². The minimum absolute atomic E-state index is 0.600. The Balaban J connectivity index is 2.10. The average Bonchev–Trinajstić information content (AvgIpc) is 2.85. The van der Waals surface area contributed by atoms with Crippen LogP contribution in [0.5, 0.6) is 5.75 Å². The standard InChI is InChI=1S/C19H27N3O3/c1-13-7-8-17(25-5)16(11-13)18(19(23)24)21(4)9-6-10-22-15(3)12-14(2)20-22/h7-8,11-12,18H,6,9-10H2,1-5H3,(H,23,24)/t18-/m0/s1. The van der Waals surface area contributed by atoms with Crippen molar-refractivity contribution in [3.8, 4) is 5.75 Å². The first-order valence-corrected chi connectivity index (χ1v) is 8.42. The van der Waals surface area contributed by atoms with Crippen molar-refractivity contribution in [1.82, 2.24) is 14.7 Å². The monoisotopic (exact) mass is 345 g/mol. The summed E-state index contributed by atoms with van der Waals surface area (Å²) in [7, 11) is 3.40. The van der Waals surface area contributed by atoms with Crippen LogP contribution in [0.2, 0.25) is 0 Å². The first-order chi connectivity index (χ1) is 11.8. The molecule has 2 rings (SSSR count). The number of carboxylic acids is 1. The third-order valence-electron chi connectivity index (χ3n) is 4.34. The molecule has 1 aromatic carbocycles. The number of likely N-dealkylation sites (N-methyl/N-ethyl adjacent to an activating group) is 1. The molecule has 0 unspecified atom stereocenters. The average molecular weight is 345 g/mol. The van der Waals surface area contributed by atoms with Crippen LogP contribution in [0.1, 0.15) is 35.0 Å². The number of aryl methyl sites for hydroxylation is 4. The van der Waals surface area contributed by atoms with Gasteiger partial charge in [-0.3, -0.25) is 14.4 Å². The SMILES string of the molecule is COc1ccc(C)cc1[C@@H](C(=O)O)N(C)CCCn1nc(C)cc1C. The third kappa shape index (κ3) is 4.60. The molecule has 25 heavy (non-hydrogen) atoms. The van der Waals surface area contributed by atoms with E-state index in [1.165, 1.54) is 0 Å². The van der Waals surface area contributed by atoms with Gasteiger partial charge in [-0.2, -0.15) is 5.10 Å². The molecule has 0 aliphatic carbocycles. The molecule has 6 heteroatoms. The second kappa shape index (κ2) is 8.16. The highest BCUT2D eigenvalue weighted by molar-refractivity contribution is 5.76. The van der Waals surface area contributed by atoms with Gasteiger partial charge in [-0.05, 0) is 46.4 Å². The maximum absolute atomic E-state index is 11.9. The van der Waals surface area contributed by atoms with Crippen molar-refractivity contribution in [3.63, 3.8) is 0 Å². The number of benzene rings is 1. The molecule has 1 heterocycles. The van der Waals surface area contributed by atoms with Crippen LogP contribution in [-0.2, 0) is 11.3 Å². The molecule has 2 aromatic rings. The fraction of sp³-hybridized carbons (Fsp3) is 0.474. The lowest BCUT2D eigenvalue weighted by molar-refractivity contribution is -0.143. The maximum atomic E-state index is 11.9. The molecular weight excluding hydrogens is 318 g/mol. The molecule has 0 aliphatic heterocycles. The van der Waals surface area contributed by atoms with E-state index < -0.39 is 12.0 Å². The van der Waals surface area contributed by atoms with Gasteiger partial charge in [0.05, 0.1) is 12.8 Å². The molecule has 1 atom stereocenters. The fourth-order valence-corrected chi connectivity index (χ4v) is 3.13. The Morgan fingerprint density at radius 3 is 2.60 bits per heavy atom. The molecule has 0 aliphatic rings. The second-order valence-corrected chi connectivity index (χ2v) is 6.47. The van der Waals surface area contributed by atoms with E-state index in [9.17, 15) is 9.90 Å². The lowest BCUT2D eigenvalue weighted by Crippen LogP contribution is -2.32. The van der Waals surface area contributed by atoms with Gasteiger partial charge < -0.3 is 9.84 Å². The first-order valence-electron chi connectivity index (χ1n) is 8.42. The molecule has 0 radical (unpaired) electrons. The van der Waals surface area contributed by atoms with Gasteiger partial charge >= 0.3 is 5.97 Å². The molecule has 1 N–H and O–H groups in total. The van der Waals surface area contributed by atoms with E-state index in [1.54, 1.807) is 7.11 Å². The third-order valence-corrected chi connectivity index (χ3v) is 4.34. The second-order valence-electron chi connectivity index (χ2n) is 6.47. The van der Waals surface area contributed by atoms with E-state index in [1.807, 2.05) is 61.7 Å². The van der Waals surface area contributed by atoms with Gasteiger partial charge in [0.15, 0.2) is 0 Å². The van der Waals surface area contributed by atoms with Gasteiger partial charge in [0.25, 0.3) is 0 Å². The number of ether oxygens (including phenoxy) is 1. The molecule has 0 saturated heterocycles. The van der Waals surface area contributed by atoms with Crippen molar-refractivity contribution in [2.75, 3.05) is 20.7 Å². The minimum atomic E-state index is -0.877. The number of carboxylic acid groups (broad SMARTS) is 1. The summed E-state index contributed by atoms with van der Waals surface area (Å²) in [5, 5.41) is 14.2. The molecule has 0 bridgehead atoms. The Hall–Kier alpha value is -2.34. The first kappa shape index (κ1) is 19.0. The van der Waals surface area contributed by atoms with Gasteiger partial charge in [-0.15, -0.1) is 0 Å². The smallest absolute Gasteiger partial charge is 0.325 e. The van der Waals surface area contributed by atoms with E-state index in [4.69, 9.17) is 4.74 Å². The summed E-state index contributed by atoms with van der Waals surface area (Å²) in [5.41, 5.74) is 3.82. The number of methoxy groups -OCH3 is 1. The number of carbonyl (C=O) groups is 1. The van der Waals surface area contributed by atoms with E-state index in [0.29, 0.717) is 17.9 Å². The Bertz CT molecular complexity index is 740. The van der Waals surface area contributed by atoms with Gasteiger partial charge in [-0.1, -0.05) is 17.7 Å². The van der Waals surface area contributed by atoms with Crippen molar-refractivity contribution < 1.29 is 14.6 Å². The molecule has 1 aromatic heterocycles. The van der Waals surface area contributed by atoms with Crippen molar-refractivity contribution >= 4 is 5.97 Å². The van der Waals surface area contributed by atoms with Gasteiger partial charge in [-0.25, -0.2) is 0 Å². The van der Waals surface area contributed by atoms with E-state index in [-0.39, 0.29) is 0 Å². The zero-order chi connectivity index (χ0) is 18.6. The van der Waals surface area contributed by atoms with Gasteiger partial charge in [0, 0.05) is 24.3 Å². The Morgan fingerprint density at radius 1 is 1.32 bits per heavy atom. The molecule has 0 fully saturated rings. The Labute approximate surface area is 149 Å². The quantitative estimate of drug-likeness (QED) is 0.797. The van der Waals surface area contributed by atoms with Crippen molar-refractivity contribution in [3.05, 3.63) is 46.8 Å². The zero-order valence-corrected chi connectivity index (χ0v) is 15.6. The molecular formula is C19H27N3O3. The number of nitrogens with zero attached hydrogens (tertiary/aromatic N) is 3. The van der Waals surface area contributed by atoms with Crippen LogP contribution in [0, 0.1) is 20.8 Å². The molecule has 136 valence electrons. The number of hydrogen-bond donors (Lipinski definition) is 1. The maximum Gasteiger partial charge on any atom is 0.325 e. The van der Waals surface area contributed by atoms with Crippen LogP contribution in [0.3, 0.4) is 0 Å². The summed E-state index contributed by atoms with van der Waals surface area (Å²) >= 11 is 0. The lowest BCUT2D eigenvalue weighted by atomic mass is 10.0. The summed E-state index contributed by atoms with van der Waals surface area (Å²) in [4.78, 5) is 13.7. The number of aromatic nitrogens is 2. The lowest BCUT2D eigenvalue weighted by Gasteiger charge is -2.26. The highest BCUT2D eigenvalue weighted by Crippen LogP contribution is 2.30. The minimum Gasteiger partial charge on any atom is -0.496 e. The number of hydrogen-bond acceptors (Lipinski definition) is 4. The van der Waals surface area contributed by atoms with Crippen LogP contribution in [-0.4, -0.2) is 46.5 Å². The molecule has 0 saturated carbocycles. The summed E-state index contributed by atoms with van der Waals surface area (Å²) < 4.78 is 7.33. The number of aliphatic carboxylic acids is 1. The summed E-state index contributed by atoms with van der Waals surface area (Å²) in [5.74, 6) is -0.277. The zero-order valence-electron chi connectivity index (χ0n) is 15.6. The van der Waals surface area contributed by atoms with E-state index in [0.717, 1.165) is 29.9 Å². The van der Waals surface area contributed by atoms with Crippen LogP contribution in [0.4, 0.5) is 0 Å². The molecule has 0 amide bonds. The van der Waals surface area contributed by atoms with Crippen molar-refractivity contribution in [1.29, 1.82) is 0 Å². The van der Waals surface area contributed by atoms with Crippen molar-refractivity contribution in [2.45, 2.75) is 39.8 Å². The largest absolute Gasteiger partial charge is 0.496 e. The van der Waals surface area contributed by atoms with Crippen LogP contribution >= 0.6 is 0 Å². The summed E-state index contributed by atoms with van der Waals surface area (Å²) in [6, 6.07) is 6.93. The summed E-state index contributed by atoms with van der Waals surface area (Å²) in [6.07, 6.45) is 0.816. The Kier molecular flexibility index (Phi) is 6.20. The van der Waals surface area contributed by atoms with Crippen LogP contribution < -0.4 is 4.74 Å². The van der Waals surface area contributed by atoms with Crippen molar-refractivity contribution in [2.24, 2.45) is 0 Å². The van der Waals surface area contributed by atoms with E-state index >= 15 is 0 Å².